The summed E-state index contributed by atoms with van der Waals surface area (Å²) in [5.74, 6) is -1.57. The zero-order chi connectivity index (χ0) is 25.3. The van der Waals surface area contributed by atoms with E-state index in [4.69, 9.17) is 9.47 Å². The number of ether oxygens (including phenoxy) is 2. The number of hydrogen-bond acceptors (Lipinski definition) is 5. The van der Waals surface area contributed by atoms with Crippen molar-refractivity contribution < 1.29 is 28.2 Å². The van der Waals surface area contributed by atoms with E-state index in [1.54, 1.807) is 13.8 Å². The Labute approximate surface area is 211 Å². The third-order valence-electron chi connectivity index (χ3n) is 5.89. The molecule has 0 saturated heterocycles. The Kier molecular flexibility index (Phi) is 8.24. The molecular weight excluding hydrogens is 454 g/mol. The summed E-state index contributed by atoms with van der Waals surface area (Å²) in [5.41, 5.74) is 2.99. The van der Waals surface area contributed by atoms with Crippen LogP contribution in [0, 0.1) is 0 Å². The maximum Gasteiger partial charge on any atom is 0.337 e. The average molecular weight is 486 g/mol. The van der Waals surface area contributed by atoms with E-state index in [-0.39, 0.29) is 13.2 Å². The van der Waals surface area contributed by atoms with Gasteiger partial charge in [-0.1, -0.05) is 42.5 Å². The minimum absolute atomic E-state index is 0.223. The Bertz CT molecular complexity index is 1180. The molecule has 1 aromatic carbocycles. The van der Waals surface area contributed by atoms with Crippen LogP contribution in [0.5, 0.6) is 0 Å². The lowest BCUT2D eigenvalue weighted by Crippen LogP contribution is -2.45. The summed E-state index contributed by atoms with van der Waals surface area (Å²) in [4.78, 5) is 26.9. The predicted octanol–water partition coefficient (Wildman–Crippen LogP) is 2.98. The van der Waals surface area contributed by atoms with Crippen LogP contribution in [-0.4, -0.2) is 25.2 Å². The van der Waals surface area contributed by atoms with E-state index >= 15 is 0 Å². The van der Waals surface area contributed by atoms with Crippen molar-refractivity contribution >= 4 is 11.9 Å². The van der Waals surface area contributed by atoms with E-state index in [0.29, 0.717) is 35.6 Å². The van der Waals surface area contributed by atoms with Crippen LogP contribution < -0.4 is 14.5 Å². The molecular formula is C29H31N3O4+2. The van der Waals surface area contributed by atoms with Crippen LogP contribution in [0.1, 0.15) is 25.3 Å². The van der Waals surface area contributed by atoms with Gasteiger partial charge >= 0.3 is 11.9 Å². The zero-order valence-corrected chi connectivity index (χ0v) is 20.6. The maximum atomic E-state index is 13.5. The summed E-state index contributed by atoms with van der Waals surface area (Å²) in [6, 6.07) is 21.2. The number of rotatable bonds is 9. The van der Waals surface area contributed by atoms with E-state index in [0.717, 1.165) is 5.56 Å². The number of aromatic nitrogens is 2. The highest BCUT2D eigenvalue weighted by atomic mass is 16.5. The molecule has 184 valence electrons. The molecule has 3 aromatic rings. The van der Waals surface area contributed by atoms with Gasteiger partial charge in [0.25, 0.3) is 0 Å². The molecule has 0 bridgehead atoms. The number of allylic oxidation sites excluding steroid dienone is 2. The molecule has 2 aromatic heterocycles. The van der Waals surface area contributed by atoms with Crippen LogP contribution in [0.25, 0.3) is 0 Å². The molecule has 0 unspecified atom stereocenters. The number of hydrogen-bond donors (Lipinski definition) is 1. The van der Waals surface area contributed by atoms with Gasteiger partial charge in [0.05, 0.1) is 41.7 Å². The standard InChI is InChI=1S/C29H30N3O4/c1-3-35-28(33)26-23(20-31-16-10-6-11-17-31)30-24(21-32-18-12-7-13-19-32)27(29(34)36-4-2)25(26)22-14-8-5-9-15-22/h5-19,25H,3-4,20-21H2,1-2H3/q+1/p+1. The second-order valence-corrected chi connectivity index (χ2v) is 8.29. The van der Waals surface area contributed by atoms with Crippen molar-refractivity contribution in [2.24, 2.45) is 0 Å². The number of nitrogens with zero attached hydrogens (tertiary/aromatic N) is 2. The summed E-state index contributed by atoms with van der Waals surface area (Å²) < 4.78 is 15.0. The van der Waals surface area contributed by atoms with Crippen molar-refractivity contribution in [2.75, 3.05) is 13.2 Å². The maximum absolute atomic E-state index is 13.5. The predicted molar refractivity (Wildman–Crippen MR) is 133 cm³/mol. The molecule has 4 rings (SSSR count). The van der Waals surface area contributed by atoms with Crippen LogP contribution in [0.4, 0.5) is 0 Å². The van der Waals surface area contributed by atoms with E-state index < -0.39 is 17.9 Å². The van der Waals surface area contributed by atoms with Crippen molar-refractivity contribution in [1.82, 2.24) is 5.32 Å². The van der Waals surface area contributed by atoms with Crippen molar-refractivity contribution in [3.8, 4) is 0 Å². The molecule has 0 spiro atoms. The molecule has 1 aliphatic rings. The van der Waals surface area contributed by atoms with Crippen molar-refractivity contribution in [3.63, 3.8) is 0 Å². The topological polar surface area (TPSA) is 72.4 Å². The first kappa shape index (κ1) is 24.9. The van der Waals surface area contributed by atoms with E-state index in [9.17, 15) is 9.59 Å². The first-order valence-electron chi connectivity index (χ1n) is 12.1. The molecule has 0 radical (unpaired) electrons. The number of esters is 2. The molecule has 0 saturated carbocycles. The second kappa shape index (κ2) is 11.9. The van der Waals surface area contributed by atoms with Gasteiger partial charge in [-0.2, -0.15) is 9.13 Å². The third kappa shape index (κ3) is 5.68. The monoisotopic (exact) mass is 485 g/mol. The average Bonchev–Trinajstić information content (AvgIpc) is 2.90. The largest absolute Gasteiger partial charge is 0.463 e. The van der Waals surface area contributed by atoms with E-state index in [1.807, 2.05) is 101 Å². The SMILES string of the molecule is CCOC(=O)C1=C(C[n+]2ccccc2)NC(C[n+]2ccccc2)=C(C(=O)OCC)C1c1ccccc1. The molecule has 7 nitrogen and oxygen atoms in total. The summed E-state index contributed by atoms with van der Waals surface area (Å²) >= 11 is 0. The van der Waals surface area contributed by atoms with Gasteiger partial charge in [-0.05, 0) is 19.4 Å². The van der Waals surface area contributed by atoms with Gasteiger partial charge in [0.2, 0.25) is 0 Å². The highest BCUT2D eigenvalue weighted by Gasteiger charge is 2.41. The Morgan fingerprint density at radius 3 is 1.53 bits per heavy atom. The zero-order valence-electron chi connectivity index (χ0n) is 20.6. The fourth-order valence-corrected chi connectivity index (χ4v) is 4.38. The van der Waals surface area contributed by atoms with E-state index in [2.05, 4.69) is 5.32 Å². The molecule has 0 fully saturated rings. The van der Waals surface area contributed by atoms with Gasteiger partial charge in [-0.25, -0.2) is 9.59 Å². The molecule has 1 aliphatic heterocycles. The van der Waals surface area contributed by atoms with E-state index in [1.165, 1.54) is 0 Å². The molecule has 3 heterocycles. The summed E-state index contributed by atoms with van der Waals surface area (Å²) in [6.07, 6.45) is 7.74. The van der Waals surface area contributed by atoms with Crippen LogP contribution in [0.15, 0.2) is 114 Å². The highest BCUT2D eigenvalue weighted by molar-refractivity contribution is 6.00. The minimum Gasteiger partial charge on any atom is -0.463 e. The van der Waals surface area contributed by atoms with Gasteiger partial charge in [-0.3, -0.25) is 0 Å². The fourth-order valence-electron chi connectivity index (χ4n) is 4.38. The lowest BCUT2D eigenvalue weighted by atomic mass is 9.80. The third-order valence-corrected chi connectivity index (χ3v) is 5.89. The Hall–Kier alpha value is -4.26. The van der Waals surface area contributed by atoms with Crippen LogP contribution >= 0.6 is 0 Å². The van der Waals surface area contributed by atoms with Gasteiger partial charge in [-0.15, -0.1) is 0 Å². The molecule has 36 heavy (non-hydrogen) atoms. The Morgan fingerprint density at radius 1 is 0.694 bits per heavy atom. The molecule has 0 aliphatic carbocycles. The molecule has 7 heteroatoms. The quantitative estimate of drug-likeness (QED) is 0.373. The first-order valence-corrected chi connectivity index (χ1v) is 12.1. The van der Waals surface area contributed by atoms with Gasteiger partial charge in [0.1, 0.15) is 0 Å². The first-order chi connectivity index (χ1) is 17.6. The normalized spacial score (nSPS) is 13.8. The number of dihydropyridines is 1. The number of carbonyl (C=O) groups is 2. The highest BCUT2D eigenvalue weighted by Crippen LogP contribution is 2.39. The summed E-state index contributed by atoms with van der Waals surface area (Å²) in [5, 5.41) is 3.44. The van der Waals surface area contributed by atoms with Crippen molar-refractivity contribution in [2.45, 2.75) is 32.9 Å². The number of benzene rings is 1. The van der Waals surface area contributed by atoms with Crippen LogP contribution in [0.3, 0.4) is 0 Å². The van der Waals surface area contributed by atoms with Crippen molar-refractivity contribution in [1.29, 1.82) is 0 Å². The Balaban J connectivity index is 1.93. The number of pyridine rings is 2. The molecule has 1 N–H and O–H groups in total. The number of nitrogens with one attached hydrogen (secondary N) is 1. The Morgan fingerprint density at radius 2 is 1.11 bits per heavy atom. The second-order valence-electron chi connectivity index (χ2n) is 8.29. The minimum atomic E-state index is -0.649. The van der Waals surface area contributed by atoms with Gasteiger partial charge in [0.15, 0.2) is 37.9 Å². The lowest BCUT2D eigenvalue weighted by molar-refractivity contribution is -0.692. The number of carbonyl (C=O) groups excluding carboxylic acids is 2. The molecule has 0 amide bonds. The molecule has 0 atom stereocenters. The van der Waals surface area contributed by atoms with Gasteiger partial charge in [0, 0.05) is 24.3 Å². The summed E-state index contributed by atoms with van der Waals surface area (Å²) in [7, 11) is 0. The van der Waals surface area contributed by atoms with Crippen LogP contribution in [0.2, 0.25) is 0 Å². The van der Waals surface area contributed by atoms with Crippen LogP contribution in [-0.2, 0) is 32.2 Å². The lowest BCUT2D eigenvalue weighted by Gasteiger charge is -2.30. The smallest absolute Gasteiger partial charge is 0.337 e. The fraction of sp³-hybridized carbons (Fsp3) is 0.241. The van der Waals surface area contributed by atoms with Gasteiger partial charge < -0.3 is 14.8 Å². The van der Waals surface area contributed by atoms with Crippen molar-refractivity contribution in [3.05, 3.63) is 120 Å². The summed E-state index contributed by atoms with van der Waals surface area (Å²) in [6.45, 7) is 4.80.